The lowest BCUT2D eigenvalue weighted by atomic mass is 9.31. The third-order valence-electron chi connectivity index (χ3n) is 13.0. The summed E-state index contributed by atoms with van der Waals surface area (Å²) in [6.07, 6.45) is 10.4. The Hall–Kier alpha value is -1.47. The molecule has 0 aromatic carbocycles. The van der Waals surface area contributed by atoms with E-state index in [0.717, 1.165) is 44.9 Å². The van der Waals surface area contributed by atoms with E-state index in [9.17, 15) is 20.0 Å². The second-order valence-corrected chi connectivity index (χ2v) is 15.2. The smallest absolute Gasteiger partial charge is 0.178 e. The third kappa shape index (κ3) is 3.00. The van der Waals surface area contributed by atoms with Crippen molar-refractivity contribution in [2.45, 2.75) is 106 Å². The lowest BCUT2D eigenvalue weighted by Crippen LogP contribution is -2.69. The summed E-state index contributed by atoms with van der Waals surface area (Å²) in [5, 5.41) is 21.8. The molecule has 0 spiro atoms. The third-order valence-corrected chi connectivity index (χ3v) is 13.0. The SMILES string of the molecule is CC1(C)CC[C@]2(C=O)CC[C@]3(C)[C@H]([C@H](O)C[C@@H]4[C@@]5(C)C=C(C#N)C(=O)C(C)(C)[C@@H]5CC[C@]43C)[C@@H]2C1. The number of nitrogens with zero attached hydrogens (tertiary/aromatic N) is 1. The van der Waals surface area contributed by atoms with E-state index >= 15 is 0 Å². The molecule has 5 aliphatic carbocycles. The molecule has 35 heavy (non-hydrogen) atoms. The number of carbonyl (C=O) groups is 2. The van der Waals surface area contributed by atoms with Gasteiger partial charge in [0.15, 0.2) is 5.78 Å². The van der Waals surface area contributed by atoms with Crippen LogP contribution >= 0.6 is 0 Å². The first-order valence-corrected chi connectivity index (χ1v) is 13.9. The van der Waals surface area contributed by atoms with Crippen LogP contribution in [-0.4, -0.2) is 23.3 Å². The van der Waals surface area contributed by atoms with E-state index in [0.29, 0.717) is 12.0 Å². The molecule has 9 atom stereocenters. The van der Waals surface area contributed by atoms with E-state index in [1.807, 2.05) is 19.9 Å². The first-order valence-electron chi connectivity index (χ1n) is 13.9. The predicted molar refractivity (Wildman–Crippen MR) is 136 cm³/mol. The summed E-state index contributed by atoms with van der Waals surface area (Å²) in [5.41, 5.74) is -0.794. The van der Waals surface area contributed by atoms with Crippen LogP contribution < -0.4 is 0 Å². The number of nitriles is 1. The van der Waals surface area contributed by atoms with E-state index in [-0.39, 0.29) is 56.5 Å². The second kappa shape index (κ2) is 7.31. The Labute approximate surface area is 211 Å². The van der Waals surface area contributed by atoms with Crippen molar-refractivity contribution in [1.29, 1.82) is 5.26 Å². The molecule has 4 heteroatoms. The number of fused-ring (bicyclic) bond motifs is 7. The Kier molecular flexibility index (Phi) is 5.26. The summed E-state index contributed by atoms with van der Waals surface area (Å²) in [5.74, 6) is 0.664. The minimum atomic E-state index is -0.578. The number of allylic oxidation sites excluding steroid dienone is 2. The van der Waals surface area contributed by atoms with Crippen LogP contribution in [0, 0.1) is 67.5 Å². The largest absolute Gasteiger partial charge is 0.393 e. The highest BCUT2D eigenvalue weighted by Gasteiger charge is 2.71. The Morgan fingerprint density at radius 2 is 1.63 bits per heavy atom. The lowest BCUT2D eigenvalue weighted by Gasteiger charge is -2.73. The van der Waals surface area contributed by atoms with Crippen LogP contribution in [0.25, 0.3) is 0 Å². The lowest BCUT2D eigenvalue weighted by molar-refractivity contribution is -0.255. The molecular formula is C31H45NO3. The Morgan fingerprint density at radius 1 is 0.971 bits per heavy atom. The number of hydrogen-bond acceptors (Lipinski definition) is 4. The van der Waals surface area contributed by atoms with Crippen LogP contribution in [-0.2, 0) is 9.59 Å². The van der Waals surface area contributed by atoms with Gasteiger partial charge in [-0.1, -0.05) is 54.5 Å². The fraction of sp³-hybridized carbons (Fsp3) is 0.839. The quantitative estimate of drug-likeness (QED) is 0.449. The number of rotatable bonds is 1. The maximum atomic E-state index is 13.2. The van der Waals surface area contributed by atoms with Gasteiger partial charge < -0.3 is 9.90 Å². The van der Waals surface area contributed by atoms with Gasteiger partial charge >= 0.3 is 0 Å². The van der Waals surface area contributed by atoms with E-state index in [1.165, 1.54) is 6.29 Å². The van der Waals surface area contributed by atoms with Crippen LogP contribution in [0.15, 0.2) is 11.6 Å². The average Bonchev–Trinajstić information content (AvgIpc) is 2.77. The molecule has 5 aliphatic rings. The predicted octanol–water partition coefficient (Wildman–Crippen LogP) is 6.28. The Morgan fingerprint density at radius 3 is 2.26 bits per heavy atom. The summed E-state index contributed by atoms with van der Waals surface area (Å²) < 4.78 is 0. The number of carbonyl (C=O) groups excluding carboxylic acids is 2. The molecular weight excluding hydrogens is 434 g/mol. The fourth-order valence-electron chi connectivity index (χ4n) is 10.9. The summed E-state index contributed by atoms with van der Waals surface area (Å²) in [7, 11) is 0. The molecule has 0 saturated heterocycles. The summed E-state index contributed by atoms with van der Waals surface area (Å²) in [6, 6.07) is 2.22. The highest BCUT2D eigenvalue weighted by molar-refractivity contribution is 6.04. The van der Waals surface area contributed by atoms with Gasteiger partial charge in [0.2, 0.25) is 0 Å². The first-order chi connectivity index (χ1) is 16.1. The molecule has 0 unspecified atom stereocenters. The van der Waals surface area contributed by atoms with E-state index < -0.39 is 11.5 Å². The highest BCUT2D eigenvalue weighted by atomic mass is 16.3. The zero-order valence-corrected chi connectivity index (χ0v) is 22.9. The van der Waals surface area contributed by atoms with Crippen molar-refractivity contribution in [3.63, 3.8) is 0 Å². The molecule has 4 saturated carbocycles. The maximum Gasteiger partial charge on any atom is 0.178 e. The van der Waals surface area contributed by atoms with Crippen molar-refractivity contribution in [3.8, 4) is 6.07 Å². The van der Waals surface area contributed by atoms with E-state index in [2.05, 4.69) is 40.7 Å². The fourth-order valence-corrected chi connectivity index (χ4v) is 10.9. The minimum absolute atomic E-state index is 0.0215. The zero-order chi connectivity index (χ0) is 25.8. The molecule has 0 amide bonds. The molecule has 0 aromatic heterocycles. The summed E-state index contributed by atoms with van der Waals surface area (Å²) in [6.45, 7) is 15.8. The molecule has 1 N–H and O–H groups in total. The van der Waals surface area contributed by atoms with Gasteiger partial charge in [-0.2, -0.15) is 5.26 Å². The van der Waals surface area contributed by atoms with Crippen LogP contribution in [0.3, 0.4) is 0 Å². The van der Waals surface area contributed by atoms with Crippen LogP contribution in [0.1, 0.15) is 99.8 Å². The number of aldehydes is 1. The van der Waals surface area contributed by atoms with Crippen LogP contribution in [0.4, 0.5) is 0 Å². The van der Waals surface area contributed by atoms with Crippen molar-refractivity contribution in [3.05, 3.63) is 11.6 Å². The van der Waals surface area contributed by atoms with Crippen molar-refractivity contribution in [2.75, 3.05) is 0 Å². The molecule has 0 radical (unpaired) electrons. The molecule has 5 rings (SSSR count). The van der Waals surface area contributed by atoms with Crippen molar-refractivity contribution >= 4 is 12.1 Å². The summed E-state index contributed by atoms with van der Waals surface area (Å²) >= 11 is 0. The van der Waals surface area contributed by atoms with E-state index in [4.69, 9.17) is 0 Å². The normalized spacial score (nSPS) is 52.0. The van der Waals surface area contributed by atoms with Crippen molar-refractivity contribution < 1.29 is 14.7 Å². The molecule has 4 nitrogen and oxygen atoms in total. The monoisotopic (exact) mass is 479 g/mol. The first kappa shape index (κ1) is 25.2. The molecule has 0 aliphatic heterocycles. The average molecular weight is 480 g/mol. The van der Waals surface area contributed by atoms with Gasteiger partial charge in [0.05, 0.1) is 11.7 Å². The van der Waals surface area contributed by atoms with Gasteiger partial charge in [-0.05, 0) is 96.7 Å². The second-order valence-electron chi connectivity index (χ2n) is 15.2. The van der Waals surface area contributed by atoms with Gasteiger partial charge in [0.25, 0.3) is 0 Å². The summed E-state index contributed by atoms with van der Waals surface area (Å²) in [4.78, 5) is 25.8. The molecule has 0 heterocycles. The van der Waals surface area contributed by atoms with Crippen molar-refractivity contribution in [2.24, 2.45) is 56.2 Å². The number of hydrogen-bond donors (Lipinski definition) is 1. The standard InChI is InChI=1S/C31H45NO3/c1-26(2)10-12-31(18-33)13-11-30(7)24(20(31)16-26)21(34)14-23-28(5)15-19(17-32)25(35)27(3,4)22(28)8-9-29(23,30)6/h15,18,20-24,34H,8-14,16H2,1-7H3/t20-,21+,22-,23+,24-,28-,29+,30+,31+/m0/s1. The van der Waals surface area contributed by atoms with Crippen molar-refractivity contribution in [1.82, 2.24) is 0 Å². The molecule has 4 fully saturated rings. The number of aliphatic hydroxyl groups is 1. The zero-order valence-electron chi connectivity index (χ0n) is 22.9. The Bertz CT molecular complexity index is 1030. The molecule has 192 valence electrons. The van der Waals surface area contributed by atoms with Gasteiger partial charge in [0.1, 0.15) is 12.4 Å². The number of aliphatic hydroxyl groups excluding tert-OH is 1. The van der Waals surface area contributed by atoms with Crippen LogP contribution in [0.2, 0.25) is 0 Å². The minimum Gasteiger partial charge on any atom is -0.393 e. The van der Waals surface area contributed by atoms with Crippen LogP contribution in [0.5, 0.6) is 0 Å². The topological polar surface area (TPSA) is 78.2 Å². The van der Waals surface area contributed by atoms with Gasteiger partial charge in [0, 0.05) is 10.8 Å². The number of Topliss-reactive ketones (excluding diaryl/α,β-unsaturated/α-hetero) is 1. The van der Waals surface area contributed by atoms with Gasteiger partial charge in [-0.3, -0.25) is 4.79 Å². The van der Waals surface area contributed by atoms with Gasteiger partial charge in [-0.15, -0.1) is 0 Å². The maximum absolute atomic E-state index is 13.2. The molecule has 0 aromatic rings. The Balaban J connectivity index is 1.63. The molecule has 0 bridgehead atoms. The number of ketones is 1. The van der Waals surface area contributed by atoms with Gasteiger partial charge in [-0.25, -0.2) is 0 Å². The van der Waals surface area contributed by atoms with E-state index in [1.54, 1.807) is 0 Å². The highest BCUT2D eigenvalue weighted by Crippen LogP contribution is 2.76.